The summed E-state index contributed by atoms with van der Waals surface area (Å²) in [4.78, 5) is 12.3. The van der Waals surface area contributed by atoms with Gasteiger partial charge in [0.2, 0.25) is 0 Å². The van der Waals surface area contributed by atoms with E-state index in [0.717, 1.165) is 25.7 Å². The topological polar surface area (TPSA) is 97.4 Å². The molecule has 0 aliphatic heterocycles. The van der Waals surface area contributed by atoms with Crippen LogP contribution in [-0.4, -0.2) is 25.1 Å². The van der Waals surface area contributed by atoms with Gasteiger partial charge in [0.05, 0.1) is 12.5 Å². The van der Waals surface area contributed by atoms with Gasteiger partial charge in [-0.05, 0) is 50.7 Å². The van der Waals surface area contributed by atoms with Crippen molar-refractivity contribution < 1.29 is 14.3 Å². The van der Waals surface area contributed by atoms with Gasteiger partial charge in [0.15, 0.2) is 17.5 Å². The van der Waals surface area contributed by atoms with Crippen LogP contribution in [0, 0.1) is 17.2 Å². The molecule has 7 heteroatoms. The van der Waals surface area contributed by atoms with Crippen LogP contribution < -0.4 is 20.5 Å². The quantitative estimate of drug-likeness (QED) is 0.315. The minimum absolute atomic E-state index is 0. The summed E-state index contributed by atoms with van der Waals surface area (Å²) in [6.07, 6.45) is 3.49. The lowest BCUT2D eigenvalue weighted by Gasteiger charge is -2.27. The first-order valence-corrected chi connectivity index (χ1v) is 8.11. The van der Waals surface area contributed by atoms with E-state index in [0.29, 0.717) is 30.6 Å². The van der Waals surface area contributed by atoms with Crippen molar-refractivity contribution in [1.29, 1.82) is 5.41 Å². The largest absolute Gasteiger partial charge is 0.490 e. The molecule has 0 amide bonds. The number of esters is 1. The third-order valence-electron chi connectivity index (χ3n) is 4.12. The van der Waals surface area contributed by atoms with Crippen LogP contribution in [0.25, 0.3) is 0 Å². The number of para-hydroxylation sites is 2. The lowest BCUT2D eigenvalue weighted by Crippen LogP contribution is -2.36. The monoisotopic (exact) mass is 355 g/mol. The van der Waals surface area contributed by atoms with Gasteiger partial charge in [0.1, 0.15) is 0 Å². The van der Waals surface area contributed by atoms with Gasteiger partial charge in [-0.1, -0.05) is 12.1 Å². The molecule has 1 aromatic rings. The predicted octanol–water partition coefficient (Wildman–Crippen LogP) is 2.70. The zero-order valence-electron chi connectivity index (χ0n) is 13.9. The molecule has 1 fully saturated rings. The van der Waals surface area contributed by atoms with Crippen LogP contribution in [0.5, 0.6) is 11.5 Å². The van der Waals surface area contributed by atoms with Crippen LogP contribution in [0.1, 0.15) is 32.6 Å². The maximum atomic E-state index is 12.3. The molecule has 134 valence electrons. The van der Waals surface area contributed by atoms with Gasteiger partial charge in [0, 0.05) is 6.54 Å². The van der Waals surface area contributed by atoms with Crippen molar-refractivity contribution in [2.45, 2.75) is 32.6 Å². The fourth-order valence-electron chi connectivity index (χ4n) is 2.86. The van der Waals surface area contributed by atoms with Gasteiger partial charge in [-0.3, -0.25) is 10.2 Å². The molecule has 24 heavy (non-hydrogen) atoms. The number of rotatable bonds is 6. The maximum absolute atomic E-state index is 12.3. The lowest BCUT2D eigenvalue weighted by atomic mass is 9.82. The summed E-state index contributed by atoms with van der Waals surface area (Å²) in [5.74, 6) is 1.29. The van der Waals surface area contributed by atoms with E-state index in [4.69, 9.17) is 20.6 Å². The summed E-state index contributed by atoms with van der Waals surface area (Å²) in [6.45, 7) is 3.13. The highest BCUT2D eigenvalue weighted by Gasteiger charge is 2.28. The molecular formula is C17H26ClN3O3. The average molecular weight is 356 g/mol. The summed E-state index contributed by atoms with van der Waals surface area (Å²) in [5.41, 5.74) is 5.30. The van der Waals surface area contributed by atoms with E-state index in [1.54, 1.807) is 12.1 Å². The third kappa shape index (κ3) is 5.92. The summed E-state index contributed by atoms with van der Waals surface area (Å²) in [5, 5.41) is 10.0. The van der Waals surface area contributed by atoms with Gasteiger partial charge >= 0.3 is 5.97 Å². The Morgan fingerprint density at radius 1 is 1.25 bits per heavy atom. The normalized spacial score (nSPS) is 19.7. The van der Waals surface area contributed by atoms with Crippen molar-refractivity contribution in [1.82, 2.24) is 5.32 Å². The molecule has 0 spiro atoms. The summed E-state index contributed by atoms with van der Waals surface area (Å²) in [6, 6.07) is 7.24. The van der Waals surface area contributed by atoms with Crippen molar-refractivity contribution in [2.75, 3.05) is 13.2 Å². The number of carbonyl (C=O) groups excluding carboxylic acids is 1. The Morgan fingerprint density at radius 2 is 1.88 bits per heavy atom. The molecule has 0 saturated heterocycles. The fraction of sp³-hybridized carbons (Fsp3) is 0.529. The Hall–Kier alpha value is -1.95. The Morgan fingerprint density at radius 3 is 2.46 bits per heavy atom. The predicted molar refractivity (Wildman–Crippen MR) is 95.9 cm³/mol. The molecular weight excluding hydrogens is 330 g/mol. The van der Waals surface area contributed by atoms with E-state index in [9.17, 15) is 4.79 Å². The molecule has 1 saturated carbocycles. The van der Waals surface area contributed by atoms with Crippen molar-refractivity contribution in [3.8, 4) is 11.5 Å². The SMILES string of the molecule is CCOc1ccccc1OC(=O)[C@H]1CC[C@H](CNC(=N)N)CC1.Cl. The van der Waals surface area contributed by atoms with Crippen LogP contribution in [0.2, 0.25) is 0 Å². The van der Waals surface area contributed by atoms with E-state index in [1.165, 1.54) is 0 Å². The first kappa shape index (κ1) is 20.1. The van der Waals surface area contributed by atoms with Gasteiger partial charge < -0.3 is 20.5 Å². The number of nitrogens with one attached hydrogen (secondary N) is 2. The second-order valence-electron chi connectivity index (χ2n) is 5.81. The average Bonchev–Trinajstić information content (AvgIpc) is 2.55. The van der Waals surface area contributed by atoms with E-state index < -0.39 is 0 Å². The number of nitrogens with two attached hydrogens (primary N) is 1. The number of hydrogen-bond donors (Lipinski definition) is 3. The van der Waals surface area contributed by atoms with E-state index >= 15 is 0 Å². The molecule has 0 atom stereocenters. The van der Waals surface area contributed by atoms with Gasteiger partial charge in [0.25, 0.3) is 0 Å². The fourth-order valence-corrected chi connectivity index (χ4v) is 2.86. The summed E-state index contributed by atoms with van der Waals surface area (Å²) in [7, 11) is 0. The molecule has 1 aliphatic carbocycles. The highest BCUT2D eigenvalue weighted by molar-refractivity contribution is 5.85. The Balaban J connectivity index is 0.00000288. The molecule has 4 N–H and O–H groups in total. The zero-order chi connectivity index (χ0) is 16.7. The van der Waals surface area contributed by atoms with Crippen LogP contribution in [0.4, 0.5) is 0 Å². The second kappa shape index (κ2) is 10.0. The number of hydrogen-bond acceptors (Lipinski definition) is 4. The summed E-state index contributed by atoms with van der Waals surface area (Å²) >= 11 is 0. The number of halogens is 1. The molecule has 6 nitrogen and oxygen atoms in total. The molecule has 1 aromatic carbocycles. The van der Waals surface area contributed by atoms with Crippen molar-refractivity contribution in [2.24, 2.45) is 17.6 Å². The van der Waals surface area contributed by atoms with Gasteiger partial charge in [-0.2, -0.15) is 0 Å². The van der Waals surface area contributed by atoms with Crippen LogP contribution >= 0.6 is 12.4 Å². The highest BCUT2D eigenvalue weighted by Crippen LogP contribution is 2.32. The minimum atomic E-state index is -0.185. The molecule has 0 unspecified atom stereocenters. The molecule has 1 aliphatic rings. The zero-order valence-corrected chi connectivity index (χ0v) is 14.7. The number of carbonyl (C=O) groups is 1. The molecule has 0 aromatic heterocycles. The van der Waals surface area contributed by atoms with E-state index in [-0.39, 0.29) is 30.3 Å². The number of guanidine groups is 1. The number of ether oxygens (including phenoxy) is 2. The molecule has 2 rings (SSSR count). The van der Waals surface area contributed by atoms with Gasteiger partial charge in [-0.15, -0.1) is 12.4 Å². The first-order chi connectivity index (χ1) is 11.1. The standard InChI is InChI=1S/C17H25N3O3.ClH/c1-2-22-14-5-3-4-6-15(14)23-16(21)13-9-7-12(8-10-13)11-20-17(18)19;/h3-6,12-13H,2,7-11H2,1H3,(H4,18,19,20);1H/t12-,13-;. The van der Waals surface area contributed by atoms with Crippen LogP contribution in [0.15, 0.2) is 24.3 Å². The highest BCUT2D eigenvalue weighted by atomic mass is 35.5. The minimum Gasteiger partial charge on any atom is -0.490 e. The maximum Gasteiger partial charge on any atom is 0.314 e. The number of benzene rings is 1. The first-order valence-electron chi connectivity index (χ1n) is 8.11. The lowest BCUT2D eigenvalue weighted by molar-refractivity contribution is -0.140. The smallest absolute Gasteiger partial charge is 0.314 e. The second-order valence-corrected chi connectivity index (χ2v) is 5.81. The Kier molecular flexibility index (Phi) is 8.40. The summed E-state index contributed by atoms with van der Waals surface area (Å²) < 4.78 is 11.0. The van der Waals surface area contributed by atoms with Crippen molar-refractivity contribution in [3.63, 3.8) is 0 Å². The van der Waals surface area contributed by atoms with Gasteiger partial charge in [-0.25, -0.2) is 0 Å². The molecule has 0 radical (unpaired) electrons. The van der Waals surface area contributed by atoms with E-state index in [2.05, 4.69) is 5.32 Å². The Bertz CT molecular complexity index is 546. The van der Waals surface area contributed by atoms with Crippen LogP contribution in [0.3, 0.4) is 0 Å². The van der Waals surface area contributed by atoms with Crippen molar-refractivity contribution in [3.05, 3.63) is 24.3 Å². The van der Waals surface area contributed by atoms with Crippen LogP contribution in [-0.2, 0) is 4.79 Å². The Labute approximate surface area is 149 Å². The molecule has 0 heterocycles. The molecule has 0 bridgehead atoms. The third-order valence-corrected chi connectivity index (χ3v) is 4.12. The van der Waals surface area contributed by atoms with Crippen molar-refractivity contribution >= 4 is 24.3 Å². The van der Waals surface area contributed by atoms with E-state index in [1.807, 2.05) is 19.1 Å².